The van der Waals surface area contributed by atoms with E-state index in [0.29, 0.717) is 38.0 Å². The molecule has 1 heterocycles. The molecule has 32 heavy (non-hydrogen) atoms. The highest BCUT2D eigenvalue weighted by atomic mass is 35.5. The Hall–Kier alpha value is -2.13. The van der Waals surface area contributed by atoms with E-state index in [1.807, 2.05) is 0 Å². The molecule has 0 aliphatic heterocycles. The number of thiocarbonyl (C=S) groups is 1. The molecule has 4 rings (SSSR count). The van der Waals surface area contributed by atoms with Crippen LogP contribution in [0.3, 0.4) is 0 Å². The van der Waals surface area contributed by atoms with Crippen molar-refractivity contribution in [2.24, 2.45) is 0 Å². The van der Waals surface area contributed by atoms with Crippen LogP contribution in [-0.2, 0) is 0 Å². The molecule has 0 saturated heterocycles. The number of carbonyl (C=O) groups excluding carboxylic acids is 1. The van der Waals surface area contributed by atoms with Gasteiger partial charge in [0.1, 0.15) is 11.2 Å². The molecule has 1 amide bonds. The van der Waals surface area contributed by atoms with E-state index in [9.17, 15) is 4.79 Å². The Morgan fingerprint density at radius 1 is 0.906 bits per heavy atom. The fraction of sp³-hybridized carbons (Fsp3) is 0. The standard InChI is InChI=1S/C20H10Cl5N5OS/c21-11-4-2-1-3-10(11)19(31)27-20(32)26-9-7-13(23)18(14(24)8-9)30-15-6-5-12(22)16(25)17(15)28-29-30/h1-8H,(H2,26,27,31,32). The van der Waals surface area contributed by atoms with Crippen molar-refractivity contribution in [2.75, 3.05) is 5.32 Å². The first-order valence-corrected chi connectivity index (χ1v) is 11.1. The van der Waals surface area contributed by atoms with Gasteiger partial charge in [-0.1, -0.05) is 75.4 Å². The number of benzene rings is 3. The lowest BCUT2D eigenvalue weighted by atomic mass is 10.2. The molecule has 2 N–H and O–H groups in total. The molecule has 0 atom stereocenters. The van der Waals surface area contributed by atoms with Gasteiger partial charge in [0.15, 0.2) is 5.11 Å². The molecule has 12 heteroatoms. The van der Waals surface area contributed by atoms with Gasteiger partial charge in [-0.25, -0.2) is 4.68 Å². The van der Waals surface area contributed by atoms with Gasteiger partial charge >= 0.3 is 0 Å². The predicted molar refractivity (Wildman–Crippen MR) is 134 cm³/mol. The number of carbonyl (C=O) groups is 1. The Labute approximate surface area is 212 Å². The summed E-state index contributed by atoms with van der Waals surface area (Å²) in [6, 6.07) is 13.1. The molecular formula is C20H10Cl5N5OS. The number of nitrogens with one attached hydrogen (secondary N) is 2. The molecule has 0 fully saturated rings. The van der Waals surface area contributed by atoms with Crippen molar-refractivity contribution in [3.63, 3.8) is 0 Å². The molecular weight excluding hydrogens is 536 g/mol. The van der Waals surface area contributed by atoms with Crippen LogP contribution in [0.5, 0.6) is 0 Å². The number of halogens is 5. The smallest absolute Gasteiger partial charge is 0.258 e. The monoisotopic (exact) mass is 543 g/mol. The number of anilines is 1. The molecule has 4 aromatic rings. The second-order valence-corrected chi connectivity index (χ2v) is 8.82. The van der Waals surface area contributed by atoms with Crippen molar-refractivity contribution in [1.29, 1.82) is 0 Å². The maximum absolute atomic E-state index is 12.4. The van der Waals surface area contributed by atoms with Gasteiger partial charge in [-0.15, -0.1) is 5.10 Å². The molecule has 0 spiro atoms. The molecule has 162 valence electrons. The van der Waals surface area contributed by atoms with E-state index in [1.54, 1.807) is 48.5 Å². The predicted octanol–water partition coefficient (Wildman–Crippen LogP) is 6.81. The average Bonchev–Trinajstić information content (AvgIpc) is 3.14. The van der Waals surface area contributed by atoms with Gasteiger partial charge in [0.05, 0.1) is 36.2 Å². The summed E-state index contributed by atoms with van der Waals surface area (Å²) in [4.78, 5) is 12.4. The number of hydrogen-bond acceptors (Lipinski definition) is 4. The summed E-state index contributed by atoms with van der Waals surface area (Å²) in [6.07, 6.45) is 0. The Bertz CT molecular complexity index is 1370. The first-order chi connectivity index (χ1) is 15.3. The summed E-state index contributed by atoms with van der Waals surface area (Å²) in [5.74, 6) is -0.452. The fourth-order valence-corrected chi connectivity index (χ4v) is 4.35. The lowest BCUT2D eigenvalue weighted by Gasteiger charge is -2.13. The number of nitrogens with zero attached hydrogens (tertiary/aromatic N) is 3. The molecule has 0 bridgehead atoms. The van der Waals surface area contributed by atoms with Crippen molar-refractivity contribution in [3.8, 4) is 5.69 Å². The minimum atomic E-state index is -0.452. The van der Waals surface area contributed by atoms with Gasteiger partial charge in [-0.3, -0.25) is 10.1 Å². The van der Waals surface area contributed by atoms with Crippen molar-refractivity contribution in [1.82, 2.24) is 20.3 Å². The first kappa shape index (κ1) is 23.0. The van der Waals surface area contributed by atoms with Gasteiger partial charge in [0.2, 0.25) is 0 Å². The van der Waals surface area contributed by atoms with Gasteiger partial charge in [0.25, 0.3) is 5.91 Å². The van der Waals surface area contributed by atoms with E-state index >= 15 is 0 Å². The number of amides is 1. The van der Waals surface area contributed by atoms with Gasteiger partial charge in [-0.05, 0) is 48.6 Å². The van der Waals surface area contributed by atoms with Crippen LogP contribution in [0.4, 0.5) is 5.69 Å². The summed E-state index contributed by atoms with van der Waals surface area (Å²) in [5.41, 5.74) is 2.13. The van der Waals surface area contributed by atoms with Gasteiger partial charge in [-0.2, -0.15) is 0 Å². The minimum Gasteiger partial charge on any atom is -0.332 e. The molecule has 6 nitrogen and oxygen atoms in total. The van der Waals surface area contributed by atoms with Crippen LogP contribution >= 0.6 is 70.2 Å². The van der Waals surface area contributed by atoms with Crippen LogP contribution in [0, 0.1) is 0 Å². The summed E-state index contributed by atoms with van der Waals surface area (Å²) >= 11 is 36.5. The SMILES string of the molecule is O=C(NC(=S)Nc1cc(Cl)c(-n2nnc3c(Cl)c(Cl)ccc32)c(Cl)c1)c1ccccc1Cl. The van der Waals surface area contributed by atoms with Gasteiger partial charge < -0.3 is 5.32 Å². The van der Waals surface area contributed by atoms with E-state index in [4.69, 9.17) is 70.2 Å². The van der Waals surface area contributed by atoms with Crippen LogP contribution in [0.15, 0.2) is 48.5 Å². The summed E-state index contributed by atoms with van der Waals surface area (Å²) in [5, 5.41) is 15.1. The Morgan fingerprint density at radius 2 is 1.59 bits per heavy atom. The zero-order valence-electron chi connectivity index (χ0n) is 15.7. The largest absolute Gasteiger partial charge is 0.332 e. The van der Waals surface area contributed by atoms with E-state index in [1.165, 1.54) is 4.68 Å². The summed E-state index contributed by atoms with van der Waals surface area (Å²) in [7, 11) is 0. The Balaban J connectivity index is 1.58. The van der Waals surface area contributed by atoms with Crippen molar-refractivity contribution in [2.45, 2.75) is 0 Å². The number of aromatic nitrogens is 3. The highest BCUT2D eigenvalue weighted by Crippen LogP contribution is 2.36. The van der Waals surface area contributed by atoms with Crippen LogP contribution in [0.1, 0.15) is 10.4 Å². The highest BCUT2D eigenvalue weighted by Gasteiger charge is 2.18. The average molecular weight is 546 g/mol. The fourth-order valence-electron chi connectivity index (χ4n) is 2.92. The summed E-state index contributed by atoms with van der Waals surface area (Å²) < 4.78 is 1.46. The van der Waals surface area contributed by atoms with E-state index in [0.717, 1.165) is 0 Å². The van der Waals surface area contributed by atoms with Crippen LogP contribution in [0.2, 0.25) is 25.1 Å². The van der Waals surface area contributed by atoms with E-state index in [2.05, 4.69) is 20.9 Å². The third kappa shape index (κ3) is 4.50. The minimum absolute atomic E-state index is 0.0439. The maximum atomic E-state index is 12.4. The third-order valence-corrected chi connectivity index (χ3v) is 6.25. The highest BCUT2D eigenvalue weighted by molar-refractivity contribution is 7.80. The van der Waals surface area contributed by atoms with Crippen molar-refractivity contribution in [3.05, 3.63) is 79.2 Å². The lowest BCUT2D eigenvalue weighted by molar-refractivity contribution is 0.0978. The zero-order chi connectivity index (χ0) is 23.0. The molecule has 0 radical (unpaired) electrons. The molecule has 0 saturated carbocycles. The van der Waals surface area contributed by atoms with Crippen molar-refractivity contribution >= 4 is 98.0 Å². The maximum Gasteiger partial charge on any atom is 0.258 e. The van der Waals surface area contributed by atoms with Crippen LogP contribution in [-0.4, -0.2) is 26.0 Å². The first-order valence-electron chi connectivity index (χ1n) is 8.82. The van der Waals surface area contributed by atoms with Crippen LogP contribution in [0.25, 0.3) is 16.7 Å². The second kappa shape index (κ2) is 9.39. The Morgan fingerprint density at radius 3 is 2.28 bits per heavy atom. The van der Waals surface area contributed by atoms with E-state index < -0.39 is 5.91 Å². The van der Waals surface area contributed by atoms with Crippen molar-refractivity contribution < 1.29 is 4.79 Å². The molecule has 0 aliphatic carbocycles. The normalized spacial score (nSPS) is 10.9. The molecule has 0 aliphatic rings. The van der Waals surface area contributed by atoms with Crippen LogP contribution < -0.4 is 10.6 Å². The molecule has 0 unspecified atom stereocenters. The van der Waals surface area contributed by atoms with E-state index in [-0.39, 0.29) is 20.2 Å². The molecule has 3 aromatic carbocycles. The topological polar surface area (TPSA) is 71.8 Å². The Kier molecular flexibility index (Phi) is 6.76. The number of fused-ring (bicyclic) bond motifs is 1. The van der Waals surface area contributed by atoms with Gasteiger partial charge in [0, 0.05) is 5.69 Å². The lowest BCUT2D eigenvalue weighted by Crippen LogP contribution is -2.34. The zero-order valence-corrected chi connectivity index (χ0v) is 20.3. The third-order valence-electron chi connectivity index (χ3n) is 4.34. The number of hydrogen-bond donors (Lipinski definition) is 2. The second-order valence-electron chi connectivity index (χ2n) is 6.41. The quantitative estimate of drug-likeness (QED) is 0.277. The summed E-state index contributed by atoms with van der Waals surface area (Å²) in [6.45, 7) is 0. The number of rotatable bonds is 3. The molecule has 1 aromatic heterocycles.